The number of halogens is 1. The molecule has 0 unspecified atom stereocenters. The predicted molar refractivity (Wildman–Crippen MR) is 91.0 cm³/mol. The van der Waals surface area contributed by atoms with Gasteiger partial charge in [0.1, 0.15) is 6.33 Å². The van der Waals surface area contributed by atoms with Crippen LogP contribution in [0.1, 0.15) is 5.56 Å². The van der Waals surface area contributed by atoms with Gasteiger partial charge in [-0.05, 0) is 18.2 Å². The van der Waals surface area contributed by atoms with Gasteiger partial charge in [0.2, 0.25) is 5.65 Å². The van der Waals surface area contributed by atoms with Crippen LogP contribution >= 0.6 is 11.6 Å². The number of anilines is 1. The highest BCUT2D eigenvalue weighted by Gasteiger charge is 2.09. The van der Waals surface area contributed by atoms with Crippen molar-refractivity contribution in [2.24, 2.45) is 5.10 Å². The molecule has 4 rings (SSSR count). The van der Waals surface area contributed by atoms with Crippen LogP contribution in [0.15, 0.2) is 60.0 Å². The summed E-state index contributed by atoms with van der Waals surface area (Å²) < 4.78 is 1.87. The average molecular weight is 323 g/mol. The molecule has 0 aliphatic carbocycles. The van der Waals surface area contributed by atoms with E-state index in [4.69, 9.17) is 11.6 Å². The summed E-state index contributed by atoms with van der Waals surface area (Å²) >= 11 is 6.10. The fourth-order valence-electron chi connectivity index (χ4n) is 2.32. The number of nitrogens with one attached hydrogen (secondary N) is 1. The number of benzene rings is 2. The molecule has 2 heterocycles. The summed E-state index contributed by atoms with van der Waals surface area (Å²) in [6.07, 6.45) is 3.30. The van der Waals surface area contributed by atoms with Gasteiger partial charge in [-0.1, -0.05) is 41.9 Å². The van der Waals surface area contributed by atoms with Gasteiger partial charge < -0.3 is 0 Å². The van der Waals surface area contributed by atoms with Crippen LogP contribution in [0.2, 0.25) is 5.02 Å². The zero-order chi connectivity index (χ0) is 15.6. The summed E-state index contributed by atoms with van der Waals surface area (Å²) in [5.41, 5.74) is 6.12. The van der Waals surface area contributed by atoms with E-state index in [-0.39, 0.29) is 0 Å². The van der Waals surface area contributed by atoms with Crippen molar-refractivity contribution in [1.29, 1.82) is 0 Å². The maximum atomic E-state index is 6.10. The molecule has 23 heavy (non-hydrogen) atoms. The summed E-state index contributed by atoms with van der Waals surface area (Å²) in [6.45, 7) is 0. The molecule has 112 valence electrons. The maximum Gasteiger partial charge on any atom is 0.205 e. The smallest absolute Gasteiger partial charge is 0.205 e. The van der Waals surface area contributed by atoms with Crippen molar-refractivity contribution in [2.45, 2.75) is 0 Å². The van der Waals surface area contributed by atoms with E-state index in [0.717, 1.165) is 16.6 Å². The van der Waals surface area contributed by atoms with Crippen LogP contribution < -0.4 is 5.43 Å². The number of rotatable bonds is 3. The summed E-state index contributed by atoms with van der Waals surface area (Å²) in [4.78, 5) is 4.55. The van der Waals surface area contributed by atoms with Crippen molar-refractivity contribution >= 4 is 40.3 Å². The lowest BCUT2D eigenvalue weighted by molar-refractivity contribution is 1.11. The Balaban J connectivity index is 1.73. The van der Waals surface area contributed by atoms with E-state index in [2.05, 4.69) is 25.7 Å². The molecule has 0 saturated carbocycles. The van der Waals surface area contributed by atoms with E-state index in [1.165, 1.54) is 0 Å². The second-order valence-electron chi connectivity index (χ2n) is 4.87. The average Bonchev–Trinajstić information content (AvgIpc) is 3.07. The Labute approximate surface area is 136 Å². The summed E-state index contributed by atoms with van der Waals surface area (Å²) in [5.74, 6) is 0.532. The quantitative estimate of drug-likeness (QED) is 0.464. The first-order valence-electron chi connectivity index (χ1n) is 6.95. The summed E-state index contributed by atoms with van der Waals surface area (Å²) in [5, 5.41) is 12.9. The molecule has 7 heteroatoms. The minimum atomic E-state index is 0.532. The lowest BCUT2D eigenvalue weighted by Crippen LogP contribution is -1.99. The Kier molecular flexibility index (Phi) is 3.36. The molecule has 2 aromatic carbocycles. The first-order chi connectivity index (χ1) is 11.3. The molecule has 0 aliphatic heterocycles. The minimum Gasteiger partial charge on any atom is -0.277 e. The van der Waals surface area contributed by atoms with Crippen LogP contribution in [0.3, 0.4) is 0 Å². The van der Waals surface area contributed by atoms with Crippen LogP contribution in [0.4, 0.5) is 5.82 Å². The number of aromatic nitrogens is 4. The van der Waals surface area contributed by atoms with E-state index in [1.54, 1.807) is 12.5 Å². The Morgan fingerprint density at radius 3 is 2.83 bits per heavy atom. The molecule has 1 N–H and O–H groups in total. The second kappa shape index (κ2) is 5.66. The van der Waals surface area contributed by atoms with E-state index < -0.39 is 0 Å². The summed E-state index contributed by atoms with van der Waals surface area (Å²) in [6, 6.07) is 15.2. The molecule has 0 radical (unpaired) electrons. The van der Waals surface area contributed by atoms with Gasteiger partial charge in [0.15, 0.2) is 5.82 Å². The third-order valence-electron chi connectivity index (χ3n) is 3.41. The lowest BCUT2D eigenvalue weighted by atomic mass is 10.2. The van der Waals surface area contributed by atoms with E-state index in [1.807, 2.05) is 52.9 Å². The van der Waals surface area contributed by atoms with Gasteiger partial charge in [-0.2, -0.15) is 5.10 Å². The van der Waals surface area contributed by atoms with Gasteiger partial charge in [0, 0.05) is 10.6 Å². The SMILES string of the molecule is Clc1ccccc1C=NNc1nc2ccccc2n2cnnc12. The minimum absolute atomic E-state index is 0.532. The molecule has 2 aromatic heterocycles. The highest BCUT2D eigenvalue weighted by atomic mass is 35.5. The second-order valence-corrected chi connectivity index (χ2v) is 5.27. The molecule has 0 amide bonds. The van der Waals surface area contributed by atoms with Crippen LogP contribution in [-0.4, -0.2) is 25.8 Å². The zero-order valence-corrected chi connectivity index (χ0v) is 12.6. The number of fused-ring (bicyclic) bond motifs is 3. The van der Waals surface area contributed by atoms with Crippen LogP contribution in [-0.2, 0) is 0 Å². The maximum absolute atomic E-state index is 6.10. The van der Waals surface area contributed by atoms with Gasteiger partial charge in [-0.15, -0.1) is 10.2 Å². The topological polar surface area (TPSA) is 67.5 Å². The number of hydrazone groups is 1. The number of hydrogen-bond donors (Lipinski definition) is 1. The molecule has 0 fully saturated rings. The van der Waals surface area contributed by atoms with Gasteiger partial charge in [-0.25, -0.2) is 4.98 Å². The highest BCUT2D eigenvalue weighted by Crippen LogP contribution is 2.19. The van der Waals surface area contributed by atoms with Crippen molar-refractivity contribution < 1.29 is 0 Å². The van der Waals surface area contributed by atoms with Crippen molar-refractivity contribution in [3.63, 3.8) is 0 Å². The number of nitrogens with zero attached hydrogens (tertiary/aromatic N) is 5. The van der Waals surface area contributed by atoms with Crippen molar-refractivity contribution in [1.82, 2.24) is 19.6 Å². The van der Waals surface area contributed by atoms with Gasteiger partial charge >= 0.3 is 0 Å². The molecule has 0 saturated heterocycles. The third kappa shape index (κ3) is 2.49. The van der Waals surface area contributed by atoms with Crippen LogP contribution in [0.25, 0.3) is 16.7 Å². The van der Waals surface area contributed by atoms with Gasteiger partial charge in [-0.3, -0.25) is 9.83 Å². The van der Waals surface area contributed by atoms with Crippen LogP contribution in [0, 0.1) is 0 Å². The van der Waals surface area contributed by atoms with Crippen molar-refractivity contribution in [2.75, 3.05) is 5.43 Å². The van der Waals surface area contributed by atoms with Crippen LogP contribution in [0.5, 0.6) is 0 Å². The summed E-state index contributed by atoms with van der Waals surface area (Å²) in [7, 11) is 0. The Hall–Kier alpha value is -2.99. The molecular formula is C16H11ClN6. The Morgan fingerprint density at radius 2 is 1.91 bits per heavy atom. The van der Waals surface area contributed by atoms with E-state index in [0.29, 0.717) is 16.5 Å². The molecule has 0 aliphatic rings. The number of hydrogen-bond acceptors (Lipinski definition) is 5. The predicted octanol–water partition coefficient (Wildman–Crippen LogP) is 3.38. The largest absolute Gasteiger partial charge is 0.277 e. The first kappa shape index (κ1) is 13.7. The highest BCUT2D eigenvalue weighted by molar-refractivity contribution is 6.33. The molecule has 0 spiro atoms. The van der Waals surface area contributed by atoms with Crippen molar-refractivity contribution in [3.8, 4) is 0 Å². The normalized spacial score (nSPS) is 11.5. The zero-order valence-electron chi connectivity index (χ0n) is 11.9. The van der Waals surface area contributed by atoms with Gasteiger partial charge in [0.05, 0.1) is 17.2 Å². The molecular weight excluding hydrogens is 312 g/mol. The molecule has 0 atom stereocenters. The molecule has 0 bridgehead atoms. The Morgan fingerprint density at radius 1 is 1.09 bits per heavy atom. The molecule has 4 aromatic rings. The number of para-hydroxylation sites is 2. The first-order valence-corrected chi connectivity index (χ1v) is 7.33. The third-order valence-corrected chi connectivity index (χ3v) is 3.76. The fourth-order valence-corrected chi connectivity index (χ4v) is 2.51. The Bertz CT molecular complexity index is 1020. The van der Waals surface area contributed by atoms with Crippen molar-refractivity contribution in [3.05, 3.63) is 65.4 Å². The monoisotopic (exact) mass is 322 g/mol. The fraction of sp³-hybridized carbons (Fsp3) is 0. The standard InChI is InChI=1S/C16H11ClN6/c17-12-6-2-1-5-11(12)9-18-21-15-16-22-19-10-23(16)14-8-4-3-7-13(14)20-15/h1-10H,(H,20,21). The van der Waals surface area contributed by atoms with Gasteiger partial charge in [0.25, 0.3) is 0 Å². The molecule has 6 nitrogen and oxygen atoms in total. The van der Waals surface area contributed by atoms with E-state index in [9.17, 15) is 0 Å². The lowest BCUT2D eigenvalue weighted by Gasteiger charge is -2.05. The van der Waals surface area contributed by atoms with E-state index >= 15 is 0 Å².